The Hall–Kier alpha value is -0.516. The van der Waals surface area contributed by atoms with E-state index in [1.807, 2.05) is 19.8 Å². The van der Waals surface area contributed by atoms with Gasteiger partial charge < -0.3 is 0 Å². The SMILES string of the molecule is C=C(C)CC(=C=O)CC(=C)C.[OH][Ti]([OH])([OH])[OH]. The van der Waals surface area contributed by atoms with Gasteiger partial charge in [-0.15, -0.1) is 0 Å². The van der Waals surface area contributed by atoms with E-state index < -0.39 is 18.1 Å². The molecule has 0 saturated heterocycles. The van der Waals surface area contributed by atoms with Crippen LogP contribution in [0.5, 0.6) is 0 Å². The molecule has 0 bridgehead atoms. The molecule has 0 unspecified atom stereocenters. The van der Waals surface area contributed by atoms with E-state index in [1.165, 1.54) is 0 Å². The first-order chi connectivity index (χ1) is 7.06. The first kappa shape index (κ1) is 17.9. The van der Waals surface area contributed by atoms with Crippen molar-refractivity contribution < 1.29 is 37.7 Å². The summed E-state index contributed by atoms with van der Waals surface area (Å²) in [6.45, 7) is 11.2. The van der Waals surface area contributed by atoms with Crippen molar-refractivity contribution >= 4 is 5.94 Å². The van der Waals surface area contributed by atoms with Crippen LogP contribution in [0.1, 0.15) is 26.7 Å². The van der Waals surface area contributed by atoms with Gasteiger partial charge >= 0.3 is 32.9 Å². The van der Waals surface area contributed by atoms with Crippen LogP contribution in [0.15, 0.2) is 29.9 Å². The van der Waals surface area contributed by atoms with Crippen molar-refractivity contribution in [2.75, 3.05) is 0 Å². The molecule has 0 amide bonds. The second-order valence-electron chi connectivity index (χ2n) is 3.57. The zero-order valence-corrected chi connectivity index (χ0v) is 11.1. The second-order valence-corrected chi connectivity index (χ2v) is 5.45. The van der Waals surface area contributed by atoms with Gasteiger partial charge in [-0.2, -0.15) is 0 Å². The van der Waals surface area contributed by atoms with Crippen molar-refractivity contribution in [2.45, 2.75) is 26.7 Å². The van der Waals surface area contributed by atoms with Crippen molar-refractivity contribution in [1.29, 1.82) is 0 Å². The molecule has 6 heteroatoms. The molecular weight excluding hydrogens is 248 g/mol. The summed E-state index contributed by atoms with van der Waals surface area (Å²) in [4.78, 5) is 10.3. The van der Waals surface area contributed by atoms with Crippen LogP contribution in [0, 0.1) is 0 Å². The van der Waals surface area contributed by atoms with Crippen LogP contribution in [0.3, 0.4) is 0 Å². The summed E-state index contributed by atoms with van der Waals surface area (Å²) in [5.41, 5.74) is 2.72. The fourth-order valence-electron chi connectivity index (χ4n) is 0.863. The Balaban J connectivity index is 0. The van der Waals surface area contributed by atoms with Crippen LogP contribution in [-0.4, -0.2) is 20.7 Å². The molecule has 4 N–H and O–H groups in total. The van der Waals surface area contributed by atoms with Crippen molar-refractivity contribution in [2.24, 2.45) is 0 Å². The minimum absolute atomic E-state index is 0.649. The normalized spacial score (nSPS) is 9.62. The van der Waals surface area contributed by atoms with Crippen molar-refractivity contribution in [3.8, 4) is 0 Å². The van der Waals surface area contributed by atoms with Gasteiger partial charge in [0.25, 0.3) is 0 Å². The summed E-state index contributed by atoms with van der Waals surface area (Å²) in [6, 6.07) is 0. The molecule has 0 spiro atoms. The molecule has 92 valence electrons. The van der Waals surface area contributed by atoms with E-state index in [-0.39, 0.29) is 0 Å². The first-order valence-electron chi connectivity index (χ1n) is 4.47. The van der Waals surface area contributed by atoms with Crippen molar-refractivity contribution in [1.82, 2.24) is 0 Å². The Kier molecular flexibility index (Phi) is 9.62. The molecule has 0 aliphatic heterocycles. The van der Waals surface area contributed by atoms with Gasteiger partial charge in [-0.3, -0.25) is 0 Å². The van der Waals surface area contributed by atoms with Crippen LogP contribution < -0.4 is 0 Å². The van der Waals surface area contributed by atoms with E-state index in [0.29, 0.717) is 12.8 Å². The fourth-order valence-corrected chi connectivity index (χ4v) is 0.863. The molecule has 0 rings (SSSR count). The fraction of sp³-hybridized carbons (Fsp3) is 0.400. The summed E-state index contributed by atoms with van der Waals surface area (Å²) in [6.07, 6.45) is 1.30. The zero-order valence-electron chi connectivity index (χ0n) is 9.53. The van der Waals surface area contributed by atoms with E-state index >= 15 is 0 Å². The third-order valence-electron chi connectivity index (χ3n) is 1.17. The molecule has 16 heavy (non-hydrogen) atoms. The topological polar surface area (TPSA) is 98.0 Å². The van der Waals surface area contributed by atoms with Gasteiger partial charge in [0.1, 0.15) is 5.94 Å². The summed E-state index contributed by atoms with van der Waals surface area (Å²) < 4.78 is 29.5. The second kappa shape index (κ2) is 8.62. The predicted molar refractivity (Wildman–Crippen MR) is 56.9 cm³/mol. The molecule has 0 aliphatic carbocycles. The Bertz CT molecular complexity index is 273. The van der Waals surface area contributed by atoms with E-state index in [0.717, 1.165) is 16.7 Å². The maximum atomic E-state index is 10.3. The summed E-state index contributed by atoms with van der Waals surface area (Å²) in [7, 11) is 0. The Labute approximate surface area is 100 Å². The summed E-state index contributed by atoms with van der Waals surface area (Å²) in [5, 5.41) is 0. The first-order valence-corrected chi connectivity index (χ1v) is 7.26. The number of hydrogen-bond donors (Lipinski definition) is 4. The van der Waals surface area contributed by atoms with Gasteiger partial charge in [0.15, 0.2) is 0 Å². The van der Waals surface area contributed by atoms with Crippen LogP contribution in [-0.2, 0) is 22.9 Å². The number of allylic oxidation sites excluding steroid dienone is 3. The third kappa shape index (κ3) is 23.4. The monoisotopic (exact) mass is 266 g/mol. The van der Waals surface area contributed by atoms with Gasteiger partial charge in [0, 0.05) is 5.57 Å². The molecule has 5 nitrogen and oxygen atoms in total. The van der Waals surface area contributed by atoms with Crippen LogP contribution in [0.25, 0.3) is 0 Å². The molecule has 0 aromatic heterocycles. The van der Waals surface area contributed by atoms with E-state index in [2.05, 4.69) is 13.2 Å². The summed E-state index contributed by atoms with van der Waals surface area (Å²) in [5.74, 6) is 1.91. The Morgan fingerprint density at radius 2 is 1.31 bits per heavy atom. The molecule has 0 heterocycles. The third-order valence-corrected chi connectivity index (χ3v) is 1.17. The van der Waals surface area contributed by atoms with Crippen LogP contribution in [0.4, 0.5) is 0 Å². The van der Waals surface area contributed by atoms with Gasteiger partial charge in [0.05, 0.1) is 0 Å². The maximum absolute atomic E-state index is 10.3. The zero-order chi connectivity index (χ0) is 13.4. The molecule has 0 saturated carbocycles. The average molecular weight is 266 g/mol. The standard InChI is InChI=1S/C10H14O.4H2O.Ti/c1-8(2)5-10(7-11)6-9(3)4;;;;;/h1,3,5-6H2,2,4H3;4*1H2;/q;;;;;+4/p-4. The minimum atomic E-state index is -5.00. The summed E-state index contributed by atoms with van der Waals surface area (Å²) >= 11 is -5.00. The average Bonchev–Trinajstić information content (AvgIpc) is 1.97. The molecule has 0 atom stereocenters. The van der Waals surface area contributed by atoms with E-state index in [9.17, 15) is 4.79 Å². The molecular formula is C10H18O5Ti. The molecule has 0 fully saturated rings. The van der Waals surface area contributed by atoms with Gasteiger partial charge in [-0.1, -0.05) is 24.3 Å². The van der Waals surface area contributed by atoms with E-state index in [4.69, 9.17) is 14.8 Å². The molecule has 0 aliphatic rings. The molecule has 0 aromatic rings. The van der Waals surface area contributed by atoms with Gasteiger partial charge in [-0.05, 0) is 26.7 Å². The number of rotatable bonds is 4. The van der Waals surface area contributed by atoms with Gasteiger partial charge in [0.2, 0.25) is 0 Å². The van der Waals surface area contributed by atoms with Crippen molar-refractivity contribution in [3.05, 3.63) is 29.9 Å². The van der Waals surface area contributed by atoms with Gasteiger partial charge in [-0.25, -0.2) is 4.79 Å². The number of hydrogen-bond acceptors (Lipinski definition) is 5. The molecule has 0 radical (unpaired) electrons. The van der Waals surface area contributed by atoms with E-state index in [1.54, 1.807) is 0 Å². The van der Waals surface area contributed by atoms with Crippen LogP contribution in [0.2, 0.25) is 0 Å². The van der Waals surface area contributed by atoms with Crippen molar-refractivity contribution in [3.63, 3.8) is 0 Å². The predicted octanol–water partition coefficient (Wildman–Crippen LogP) is 0.446. The molecule has 0 aromatic carbocycles. The number of carbonyl (C=O) groups excluding carboxylic acids is 1. The Morgan fingerprint density at radius 1 is 1.06 bits per heavy atom. The Morgan fingerprint density at radius 3 is 1.44 bits per heavy atom. The van der Waals surface area contributed by atoms with Crippen LogP contribution >= 0.6 is 0 Å². The quantitative estimate of drug-likeness (QED) is 0.336.